The van der Waals surface area contributed by atoms with Crippen LogP contribution in [0, 0.1) is 12.3 Å². The van der Waals surface area contributed by atoms with Crippen LogP contribution in [0.1, 0.15) is 42.4 Å². The number of aryl methyl sites for hydroxylation is 1. The lowest BCUT2D eigenvalue weighted by Crippen LogP contribution is -2.46. The molecule has 322 valence electrons. The molecule has 1 fully saturated rings. The Morgan fingerprint density at radius 3 is 2.41 bits per heavy atom. The minimum Gasteiger partial charge on any atom is -0.507 e. The largest absolute Gasteiger partial charge is 0.507 e. The van der Waals surface area contributed by atoms with Gasteiger partial charge in [-0.2, -0.15) is 4.31 Å². The lowest BCUT2D eigenvalue weighted by molar-refractivity contribution is -0.137. The highest BCUT2D eigenvalue weighted by molar-refractivity contribution is 8.14. The molecule has 1 saturated heterocycles. The van der Waals surface area contributed by atoms with Crippen LogP contribution in [-0.2, 0) is 45.9 Å². The van der Waals surface area contributed by atoms with Gasteiger partial charge in [0, 0.05) is 30.7 Å². The third-order valence-electron chi connectivity index (χ3n) is 8.19. The van der Waals surface area contributed by atoms with Crippen molar-refractivity contribution in [3.63, 3.8) is 0 Å². The van der Waals surface area contributed by atoms with E-state index in [-0.39, 0.29) is 58.7 Å². The van der Waals surface area contributed by atoms with Crippen LogP contribution in [0.15, 0.2) is 30.9 Å². The van der Waals surface area contributed by atoms with Gasteiger partial charge in [0.25, 0.3) is 0 Å². The number of phosphoric ester groups is 3. The molecule has 0 aliphatic carbocycles. The number of nitrogens with zero attached hydrogens (tertiary/aromatic N) is 4. The summed E-state index contributed by atoms with van der Waals surface area (Å²) in [5.74, 6) is -1.51. The number of thioether (sulfide) groups is 1. The van der Waals surface area contributed by atoms with Crippen molar-refractivity contribution in [3.05, 3.63) is 42.0 Å². The molecule has 2 amide bonds. The summed E-state index contributed by atoms with van der Waals surface area (Å²) in [4.78, 5) is 88.1. The van der Waals surface area contributed by atoms with Gasteiger partial charge in [-0.1, -0.05) is 37.7 Å². The first-order valence-corrected chi connectivity index (χ1v) is 22.3. The van der Waals surface area contributed by atoms with Crippen LogP contribution < -0.4 is 16.4 Å². The molecule has 7 atom stereocenters. The van der Waals surface area contributed by atoms with Crippen molar-refractivity contribution in [1.29, 1.82) is 0 Å². The van der Waals surface area contributed by atoms with E-state index in [4.69, 9.17) is 19.5 Å². The number of rotatable bonds is 20. The van der Waals surface area contributed by atoms with Gasteiger partial charge in [-0.15, -0.1) is 0 Å². The van der Waals surface area contributed by atoms with E-state index in [1.165, 1.54) is 19.9 Å². The fourth-order valence-corrected chi connectivity index (χ4v) is 8.89. The van der Waals surface area contributed by atoms with Gasteiger partial charge in [-0.3, -0.25) is 32.5 Å². The number of aliphatic hydroxyl groups excluding tert-OH is 2. The van der Waals surface area contributed by atoms with Crippen LogP contribution in [-0.4, -0.2) is 128 Å². The molecule has 4 rings (SSSR count). The molecule has 3 heterocycles. The highest BCUT2D eigenvalue weighted by atomic mass is 32.2. The van der Waals surface area contributed by atoms with Gasteiger partial charge in [0.1, 0.15) is 42.0 Å². The molecule has 1 aromatic carbocycles. The molecule has 25 nitrogen and oxygen atoms in total. The van der Waals surface area contributed by atoms with E-state index in [0.29, 0.717) is 5.56 Å². The maximum Gasteiger partial charge on any atom is 0.481 e. The molecule has 11 N–H and O–H groups in total. The summed E-state index contributed by atoms with van der Waals surface area (Å²) in [6.45, 7) is 1.95. The average Bonchev–Trinajstić information content (AvgIpc) is 3.68. The molecular weight excluding hydrogens is 859 g/mol. The second kappa shape index (κ2) is 19.3. The molecule has 0 spiro atoms. The number of hydrogen-bond acceptors (Lipinski definition) is 19. The third-order valence-corrected chi connectivity index (χ3v) is 12.2. The number of nitrogens with one attached hydrogen (secondary N) is 2. The van der Waals surface area contributed by atoms with E-state index in [2.05, 4.69) is 34.4 Å². The van der Waals surface area contributed by atoms with Crippen LogP contribution in [0.3, 0.4) is 0 Å². The smallest absolute Gasteiger partial charge is 0.481 e. The predicted octanol–water partition coefficient (Wildman–Crippen LogP) is -0.00748. The number of carbonyl (C=O) groups excluding carboxylic acids is 3. The first kappa shape index (κ1) is 47.3. The van der Waals surface area contributed by atoms with Gasteiger partial charge >= 0.3 is 23.5 Å². The quantitative estimate of drug-likeness (QED) is 0.0526. The Morgan fingerprint density at radius 1 is 1.05 bits per heavy atom. The molecule has 2 unspecified atom stereocenters. The third kappa shape index (κ3) is 12.8. The summed E-state index contributed by atoms with van der Waals surface area (Å²) in [5, 5.41) is 35.9. The van der Waals surface area contributed by atoms with Crippen LogP contribution in [0.2, 0.25) is 0 Å². The highest BCUT2D eigenvalue weighted by Gasteiger charge is 2.50. The van der Waals surface area contributed by atoms with Crippen molar-refractivity contribution in [2.45, 2.75) is 57.8 Å². The number of benzene rings is 1. The molecule has 1 aliphatic heterocycles. The molecule has 0 radical (unpaired) electrons. The fraction of sp³-hybridized carbons (Fsp3) is 0.517. The number of fused-ring (bicyclic) bond motifs is 1. The van der Waals surface area contributed by atoms with E-state index < -0.39 is 84.6 Å². The number of nitrogens with two attached hydrogens (primary N) is 1. The number of aromatic nitrogens is 4. The van der Waals surface area contributed by atoms with Gasteiger partial charge in [0.15, 0.2) is 17.7 Å². The summed E-state index contributed by atoms with van der Waals surface area (Å²) in [6.07, 6.45) is -7.04. The Bertz CT molecular complexity index is 2100. The number of nitrogen functional groups attached to an aromatic ring is 1. The van der Waals surface area contributed by atoms with Gasteiger partial charge in [-0.25, -0.2) is 28.6 Å². The minimum absolute atomic E-state index is 0.0238. The topological polar surface area (TPSA) is 384 Å². The summed E-state index contributed by atoms with van der Waals surface area (Å²) in [7, 11) is -16.4. The number of aliphatic hydroxyl groups is 2. The SMILES string of the molecule is Cc1cccc(O)c1C(=O)SCCNC(=O)CCNC(=O)[C@H](O)C(C)(C)COP(=O)(O)OP(=O)(O)OC[C@H]1O[C@@H](n2cnc3c(N)ncnc32)[C@H](O)[C@@H]1OP(=O)(O)O. The van der Waals surface area contributed by atoms with Gasteiger partial charge in [0.2, 0.25) is 16.9 Å². The lowest BCUT2D eigenvalue weighted by atomic mass is 9.87. The number of hydrogen-bond donors (Lipinski definition) is 10. The van der Waals surface area contributed by atoms with Crippen molar-refractivity contribution >= 4 is 69.1 Å². The first-order valence-electron chi connectivity index (χ1n) is 16.8. The van der Waals surface area contributed by atoms with E-state index >= 15 is 0 Å². The van der Waals surface area contributed by atoms with E-state index in [0.717, 1.165) is 29.0 Å². The monoisotopic (exact) mass is 901 g/mol. The number of ether oxygens (including phenoxy) is 1. The predicted molar refractivity (Wildman–Crippen MR) is 199 cm³/mol. The van der Waals surface area contributed by atoms with Crippen molar-refractivity contribution in [3.8, 4) is 5.75 Å². The molecule has 2 aromatic heterocycles. The van der Waals surface area contributed by atoms with Crippen LogP contribution in [0.25, 0.3) is 11.2 Å². The molecule has 29 heteroatoms. The Morgan fingerprint density at radius 2 is 1.74 bits per heavy atom. The number of phenolic OH excluding ortho intramolecular Hbond substituents is 1. The Hall–Kier alpha value is -3.42. The number of carbonyl (C=O) groups is 3. The standard InChI is InChI=1S/C29H42N7O18P3S/c1-15-5-4-6-16(37)19(15)28(42)58-10-9-31-18(38)7-8-32-26(41)23(40)29(2,3)12-51-57(48,49)54-56(46,47)50-11-17-22(53-55(43,44)45)21(39)27(52-17)36-14-35-20-24(30)33-13-34-25(20)36/h4-6,13-14,17,21-23,27,37,39-40H,7-12H2,1-3H3,(H,31,38)(H,32,41)(H,46,47)(H,48,49)(H2,30,33,34)(H2,43,44,45)/t17-,21-,22-,23+,27-/m1/s1. The van der Waals surface area contributed by atoms with Crippen molar-refractivity contribution < 1.29 is 85.6 Å². The Balaban J connectivity index is 1.23. The Kier molecular flexibility index (Phi) is 15.7. The lowest BCUT2D eigenvalue weighted by Gasteiger charge is -2.30. The maximum atomic E-state index is 12.7. The number of phosphoric acid groups is 3. The van der Waals surface area contributed by atoms with Crippen LogP contribution >= 0.6 is 35.2 Å². The summed E-state index contributed by atoms with van der Waals surface area (Å²) < 4.78 is 62.1. The number of aromatic hydroxyl groups is 1. The Labute approximate surface area is 333 Å². The molecule has 3 aromatic rings. The van der Waals surface area contributed by atoms with Crippen molar-refractivity contribution in [1.82, 2.24) is 30.2 Å². The second-order valence-corrected chi connectivity index (χ2v) is 18.5. The number of anilines is 1. The average molecular weight is 902 g/mol. The zero-order valence-electron chi connectivity index (χ0n) is 30.8. The summed E-state index contributed by atoms with van der Waals surface area (Å²) >= 11 is 0.892. The molecule has 1 aliphatic rings. The normalized spacial score (nSPS) is 21.3. The number of phenols is 1. The summed E-state index contributed by atoms with van der Waals surface area (Å²) in [6, 6.07) is 4.67. The van der Waals surface area contributed by atoms with E-state index in [1.54, 1.807) is 19.1 Å². The highest BCUT2D eigenvalue weighted by Crippen LogP contribution is 2.61. The zero-order chi connectivity index (χ0) is 43.2. The zero-order valence-corrected chi connectivity index (χ0v) is 34.3. The van der Waals surface area contributed by atoms with Gasteiger partial charge in [0.05, 0.1) is 25.1 Å². The van der Waals surface area contributed by atoms with Crippen LogP contribution in [0.4, 0.5) is 5.82 Å². The van der Waals surface area contributed by atoms with Crippen molar-refractivity contribution in [2.24, 2.45) is 5.41 Å². The number of imidazole rings is 1. The minimum atomic E-state index is -5.59. The van der Waals surface area contributed by atoms with Gasteiger partial charge in [-0.05, 0) is 18.6 Å². The molecule has 58 heavy (non-hydrogen) atoms. The maximum absolute atomic E-state index is 12.7. The van der Waals surface area contributed by atoms with Crippen molar-refractivity contribution in [2.75, 3.05) is 37.8 Å². The fourth-order valence-electron chi connectivity index (χ4n) is 5.26. The van der Waals surface area contributed by atoms with Gasteiger partial charge < -0.3 is 56.0 Å². The van der Waals surface area contributed by atoms with E-state index in [9.17, 15) is 63.0 Å². The molecular formula is C29H42N7O18P3S. The number of amides is 2. The van der Waals surface area contributed by atoms with E-state index in [1.807, 2.05) is 0 Å². The second-order valence-electron chi connectivity index (χ2n) is 13.2. The molecule has 0 bridgehead atoms. The first-order chi connectivity index (χ1) is 26.9. The summed E-state index contributed by atoms with van der Waals surface area (Å²) in [5.41, 5.74) is 4.99. The molecule has 0 saturated carbocycles. The van der Waals surface area contributed by atoms with Crippen LogP contribution in [0.5, 0.6) is 5.75 Å².